The first kappa shape index (κ1) is 15.7. The van der Waals surface area contributed by atoms with Gasteiger partial charge in [-0.3, -0.25) is 4.79 Å². The second-order valence-electron chi connectivity index (χ2n) is 4.77. The fourth-order valence-electron chi connectivity index (χ4n) is 2.21. The molecule has 0 fully saturated rings. The molecule has 1 unspecified atom stereocenters. The van der Waals surface area contributed by atoms with Crippen molar-refractivity contribution >= 4 is 39.6 Å². The van der Waals surface area contributed by atoms with Gasteiger partial charge in [-0.15, -0.1) is 11.3 Å². The Balaban J connectivity index is 2.27. The maximum atomic E-state index is 12.3. The number of hydrogen-bond donors (Lipinski definition) is 2. The molecule has 21 heavy (non-hydrogen) atoms. The van der Waals surface area contributed by atoms with E-state index in [-0.39, 0.29) is 17.4 Å². The molecule has 0 aliphatic carbocycles. The van der Waals surface area contributed by atoms with Crippen molar-refractivity contribution in [2.75, 3.05) is 5.32 Å². The second kappa shape index (κ2) is 6.41. The van der Waals surface area contributed by atoms with E-state index < -0.39 is 5.97 Å². The Kier molecular flexibility index (Phi) is 4.80. The summed E-state index contributed by atoms with van der Waals surface area (Å²) in [7, 11) is 0. The summed E-state index contributed by atoms with van der Waals surface area (Å²) in [6.45, 7) is 5.62. The average molecular weight is 323 g/mol. The number of aryl methyl sites for hydroxylation is 1. The van der Waals surface area contributed by atoms with Gasteiger partial charge in [0.2, 0.25) is 5.91 Å². The molecule has 0 saturated heterocycles. The van der Waals surface area contributed by atoms with Gasteiger partial charge in [-0.1, -0.05) is 6.92 Å². The van der Waals surface area contributed by atoms with Gasteiger partial charge in [0.05, 0.1) is 11.5 Å². The summed E-state index contributed by atoms with van der Waals surface area (Å²) in [5, 5.41) is 16.4. The van der Waals surface area contributed by atoms with Crippen LogP contribution in [0.4, 0.5) is 5.00 Å². The van der Waals surface area contributed by atoms with E-state index in [9.17, 15) is 14.7 Å². The number of nitrogens with one attached hydrogen (secondary N) is 1. The van der Waals surface area contributed by atoms with Gasteiger partial charge in [-0.25, -0.2) is 4.79 Å². The molecule has 0 radical (unpaired) electrons. The lowest BCUT2D eigenvalue weighted by Crippen LogP contribution is -2.19. The van der Waals surface area contributed by atoms with Crippen LogP contribution in [-0.4, -0.2) is 17.0 Å². The van der Waals surface area contributed by atoms with Gasteiger partial charge in [0.15, 0.2) is 0 Å². The quantitative estimate of drug-likeness (QED) is 0.870. The highest BCUT2D eigenvalue weighted by Gasteiger charge is 2.24. The molecule has 0 spiro atoms. The lowest BCUT2D eigenvalue weighted by molar-refractivity contribution is -0.117. The lowest BCUT2D eigenvalue weighted by atomic mass is 10.0. The Morgan fingerprint density at radius 3 is 2.67 bits per heavy atom. The number of amides is 1. The number of carbonyl (C=O) groups excluding carboxylic acids is 1. The minimum Gasteiger partial charge on any atom is -0.478 e. The number of rotatable bonds is 5. The van der Waals surface area contributed by atoms with E-state index >= 15 is 0 Å². The highest BCUT2D eigenvalue weighted by molar-refractivity contribution is 7.16. The van der Waals surface area contributed by atoms with Crippen LogP contribution in [0.25, 0.3) is 0 Å². The Morgan fingerprint density at radius 1 is 1.43 bits per heavy atom. The van der Waals surface area contributed by atoms with E-state index in [1.54, 1.807) is 0 Å². The van der Waals surface area contributed by atoms with Crippen LogP contribution >= 0.6 is 22.7 Å². The van der Waals surface area contributed by atoms with Crippen LogP contribution < -0.4 is 5.32 Å². The molecule has 2 rings (SSSR count). The molecule has 2 N–H and O–H groups in total. The average Bonchev–Trinajstić information content (AvgIpc) is 3.05. The van der Waals surface area contributed by atoms with Crippen molar-refractivity contribution in [1.29, 1.82) is 0 Å². The molecular weight excluding hydrogens is 306 g/mol. The van der Waals surface area contributed by atoms with Crippen LogP contribution in [0, 0.1) is 6.92 Å². The summed E-state index contributed by atoms with van der Waals surface area (Å²) in [5.41, 5.74) is 1.97. The van der Waals surface area contributed by atoms with Crippen molar-refractivity contribution in [2.24, 2.45) is 0 Å². The topological polar surface area (TPSA) is 66.4 Å². The molecule has 0 aliphatic rings. The number of carboxylic acid groups (broad SMARTS) is 1. The third-order valence-corrected chi connectivity index (χ3v) is 5.21. The Hall–Kier alpha value is -1.66. The standard InChI is InChI=1S/C15H17NO3S2/c1-4-11-9(3)21-14(12(11)15(18)19)16-13(17)8(2)10-5-6-20-7-10/h5-8H,4H2,1-3H3,(H,16,17)(H,18,19). The van der Waals surface area contributed by atoms with E-state index in [2.05, 4.69) is 5.32 Å². The van der Waals surface area contributed by atoms with Crippen molar-refractivity contribution in [2.45, 2.75) is 33.1 Å². The summed E-state index contributed by atoms with van der Waals surface area (Å²) in [4.78, 5) is 24.7. The molecule has 0 saturated carbocycles. The first-order chi connectivity index (χ1) is 9.95. The summed E-state index contributed by atoms with van der Waals surface area (Å²) in [6, 6.07) is 1.91. The maximum Gasteiger partial charge on any atom is 0.339 e. The molecule has 2 aromatic rings. The zero-order valence-electron chi connectivity index (χ0n) is 12.1. The van der Waals surface area contributed by atoms with Crippen molar-refractivity contribution in [1.82, 2.24) is 0 Å². The van der Waals surface area contributed by atoms with Gasteiger partial charge in [-0.2, -0.15) is 11.3 Å². The molecule has 4 nitrogen and oxygen atoms in total. The molecule has 0 aromatic carbocycles. The molecule has 1 amide bonds. The van der Waals surface area contributed by atoms with Gasteiger partial charge in [0.25, 0.3) is 0 Å². The smallest absolute Gasteiger partial charge is 0.339 e. The summed E-state index contributed by atoms with van der Waals surface area (Å²) in [6.07, 6.45) is 0.639. The Labute approximate surface area is 131 Å². The number of carboxylic acids is 1. The zero-order valence-corrected chi connectivity index (χ0v) is 13.7. The van der Waals surface area contributed by atoms with Gasteiger partial charge in [0.1, 0.15) is 5.00 Å². The Bertz CT molecular complexity index is 659. The normalized spacial score (nSPS) is 12.1. The lowest BCUT2D eigenvalue weighted by Gasteiger charge is -2.10. The van der Waals surface area contributed by atoms with E-state index in [0.717, 1.165) is 16.0 Å². The predicted molar refractivity (Wildman–Crippen MR) is 86.8 cm³/mol. The van der Waals surface area contributed by atoms with Crippen LogP contribution in [0.5, 0.6) is 0 Å². The number of hydrogen-bond acceptors (Lipinski definition) is 4. The van der Waals surface area contributed by atoms with Crippen molar-refractivity contribution in [3.63, 3.8) is 0 Å². The third kappa shape index (κ3) is 3.16. The Morgan fingerprint density at radius 2 is 2.14 bits per heavy atom. The van der Waals surface area contributed by atoms with Crippen molar-refractivity contribution in [3.05, 3.63) is 38.4 Å². The first-order valence-corrected chi connectivity index (χ1v) is 8.40. The number of aromatic carboxylic acids is 1. The van der Waals surface area contributed by atoms with E-state index in [4.69, 9.17) is 0 Å². The van der Waals surface area contributed by atoms with Crippen LogP contribution in [0.1, 0.15) is 46.1 Å². The van der Waals surface area contributed by atoms with E-state index in [1.807, 2.05) is 37.6 Å². The fraction of sp³-hybridized carbons (Fsp3) is 0.333. The highest BCUT2D eigenvalue weighted by Crippen LogP contribution is 2.34. The van der Waals surface area contributed by atoms with Crippen molar-refractivity contribution < 1.29 is 14.7 Å². The molecule has 112 valence electrons. The van der Waals surface area contributed by atoms with Gasteiger partial charge >= 0.3 is 5.97 Å². The molecule has 0 bridgehead atoms. The molecule has 2 aromatic heterocycles. The molecule has 1 atom stereocenters. The maximum absolute atomic E-state index is 12.3. The van der Waals surface area contributed by atoms with Crippen LogP contribution in [0.15, 0.2) is 16.8 Å². The monoisotopic (exact) mass is 323 g/mol. The molecule has 6 heteroatoms. The van der Waals surface area contributed by atoms with Gasteiger partial charge in [0, 0.05) is 4.88 Å². The summed E-state index contributed by atoms with van der Waals surface area (Å²) in [5.74, 6) is -1.47. The number of carbonyl (C=O) groups is 2. The second-order valence-corrected chi connectivity index (χ2v) is 6.77. The summed E-state index contributed by atoms with van der Waals surface area (Å²) >= 11 is 2.87. The van der Waals surface area contributed by atoms with Gasteiger partial charge in [-0.05, 0) is 48.2 Å². The molecule has 2 heterocycles. The van der Waals surface area contributed by atoms with Crippen LogP contribution in [0.3, 0.4) is 0 Å². The molecule has 0 aliphatic heterocycles. The highest BCUT2D eigenvalue weighted by atomic mass is 32.1. The SMILES string of the molecule is CCc1c(C)sc(NC(=O)C(C)c2ccsc2)c1C(=O)O. The van der Waals surface area contributed by atoms with Gasteiger partial charge < -0.3 is 10.4 Å². The number of anilines is 1. The van der Waals surface area contributed by atoms with E-state index in [0.29, 0.717) is 11.4 Å². The first-order valence-electron chi connectivity index (χ1n) is 6.64. The fourth-order valence-corrected chi connectivity index (χ4v) is 4.11. The zero-order chi connectivity index (χ0) is 15.6. The van der Waals surface area contributed by atoms with E-state index in [1.165, 1.54) is 22.7 Å². The third-order valence-electron chi connectivity index (χ3n) is 3.45. The van der Waals surface area contributed by atoms with Crippen LogP contribution in [-0.2, 0) is 11.2 Å². The summed E-state index contributed by atoms with van der Waals surface area (Å²) < 4.78 is 0. The number of thiophene rings is 2. The molecular formula is C15H17NO3S2. The minimum atomic E-state index is -0.991. The van der Waals surface area contributed by atoms with Crippen LogP contribution in [0.2, 0.25) is 0 Å². The van der Waals surface area contributed by atoms with Crippen molar-refractivity contribution in [3.8, 4) is 0 Å². The minimum absolute atomic E-state index is 0.181. The predicted octanol–water partition coefficient (Wildman–Crippen LogP) is 4.12. The largest absolute Gasteiger partial charge is 0.478 e.